The van der Waals surface area contributed by atoms with Crippen LogP contribution < -0.4 is 0 Å². The molecule has 0 fully saturated rings. The van der Waals surface area contributed by atoms with Crippen molar-refractivity contribution < 1.29 is 0 Å². The van der Waals surface area contributed by atoms with E-state index in [4.69, 9.17) is 34.9 Å². The quantitative estimate of drug-likeness (QED) is 0.0848. The number of amidine groups is 7. The first-order valence-electron chi connectivity index (χ1n) is 18.9. The lowest BCUT2D eigenvalue weighted by Gasteiger charge is -2.18. The first-order valence-corrected chi connectivity index (χ1v) is 20.4. The molecule has 0 aromatic heterocycles. The van der Waals surface area contributed by atoms with E-state index >= 15 is 0 Å². The number of rotatable bonds is 0. The molecule has 8 aromatic rings. The number of aliphatic imine (C=N–C) groups is 7. The third-order valence-corrected chi connectivity index (χ3v) is 13.0. The van der Waals surface area contributed by atoms with E-state index in [2.05, 4.69) is 147 Å². The zero-order valence-corrected chi connectivity index (χ0v) is 33.4. The monoisotopic (exact) mass is 870 g/mol. The second kappa shape index (κ2) is 11.7. The second-order valence-electron chi connectivity index (χ2n) is 14.9. The van der Waals surface area contributed by atoms with E-state index < -0.39 is 4.57 Å². The van der Waals surface area contributed by atoms with Crippen LogP contribution in [0.4, 0.5) is 0 Å². The summed E-state index contributed by atoms with van der Waals surface area (Å²) in [5.74, 6) is 3.96. The Bertz CT molecular complexity index is 3500. The van der Waals surface area contributed by atoms with E-state index in [0.29, 0.717) is 40.8 Å². The van der Waals surface area contributed by atoms with Crippen molar-refractivity contribution in [3.8, 4) is 0 Å². The largest absolute Gasteiger partial charge is 0.242 e. The predicted molar refractivity (Wildman–Crippen MR) is 243 cm³/mol. The molecule has 8 bridgehead atoms. The van der Waals surface area contributed by atoms with Crippen LogP contribution in [0.25, 0.3) is 43.1 Å². The van der Waals surface area contributed by atoms with E-state index in [9.17, 15) is 0 Å². The number of hydrogen-bond acceptors (Lipinski definition) is 8. The Morgan fingerprint density at radius 3 is 1.07 bits per heavy atom. The van der Waals surface area contributed by atoms with Gasteiger partial charge in [0.25, 0.3) is 0 Å². The fourth-order valence-corrected chi connectivity index (χ4v) is 9.90. The van der Waals surface area contributed by atoms with Crippen LogP contribution in [0.5, 0.6) is 0 Å². The van der Waals surface area contributed by atoms with Gasteiger partial charge in [-0.25, -0.2) is 38.9 Å². The molecule has 13 rings (SSSR count). The summed E-state index contributed by atoms with van der Waals surface area (Å²) in [6, 6.07) is 50.5. The SMILES string of the molecule is BrN1C2=NC(=NC3=NC(=NC4(Br)N=C(N=C5N=C1c1cc6ccccc6cc15)c1cc5ccccc5cc14)c1cc4ccccc4cc13)c1cc3ccccc3cc12. The van der Waals surface area contributed by atoms with Crippen molar-refractivity contribution in [3.05, 3.63) is 190 Å². The van der Waals surface area contributed by atoms with Gasteiger partial charge < -0.3 is 0 Å². The van der Waals surface area contributed by atoms with Gasteiger partial charge in [0.15, 0.2) is 40.8 Å². The van der Waals surface area contributed by atoms with Gasteiger partial charge in [-0.05, 0) is 108 Å². The molecule has 5 heterocycles. The predicted octanol–water partition coefficient (Wildman–Crippen LogP) is 10.8. The third kappa shape index (κ3) is 4.64. The maximum absolute atomic E-state index is 5.39. The molecule has 0 spiro atoms. The Kier molecular flexibility index (Phi) is 6.50. The van der Waals surface area contributed by atoms with E-state index in [1.165, 1.54) is 0 Å². The Labute approximate surface area is 347 Å². The zero-order chi connectivity index (χ0) is 38.3. The highest BCUT2D eigenvalue weighted by molar-refractivity contribution is 9.09. The summed E-state index contributed by atoms with van der Waals surface area (Å²) < 4.78 is 0.652. The van der Waals surface area contributed by atoms with Gasteiger partial charge in [-0.2, -0.15) is 0 Å². The van der Waals surface area contributed by atoms with Crippen LogP contribution in [0.2, 0.25) is 0 Å². The highest BCUT2D eigenvalue weighted by Crippen LogP contribution is 2.46. The van der Waals surface area contributed by atoms with Crippen molar-refractivity contribution in [3.63, 3.8) is 0 Å². The molecule has 0 radical (unpaired) electrons. The van der Waals surface area contributed by atoms with Crippen LogP contribution in [0.3, 0.4) is 0 Å². The van der Waals surface area contributed by atoms with E-state index in [-0.39, 0.29) is 0 Å². The molecule has 270 valence electrons. The van der Waals surface area contributed by atoms with Crippen molar-refractivity contribution in [1.29, 1.82) is 0 Å². The van der Waals surface area contributed by atoms with Gasteiger partial charge in [-0.15, -0.1) is 0 Å². The molecular weight excluding hydrogens is 848 g/mol. The molecule has 0 saturated heterocycles. The Balaban J connectivity index is 1.14. The summed E-state index contributed by atoms with van der Waals surface area (Å²) in [5.41, 5.74) is 7.10. The molecule has 0 N–H and O–H groups in total. The summed E-state index contributed by atoms with van der Waals surface area (Å²) in [6.07, 6.45) is 0. The fraction of sp³-hybridized carbons (Fsp3) is 0.0208. The summed E-state index contributed by atoms with van der Waals surface area (Å²) in [5, 5.41) is 8.67. The van der Waals surface area contributed by atoms with Gasteiger partial charge in [-0.1, -0.05) is 97.1 Å². The molecule has 5 aliphatic rings. The van der Waals surface area contributed by atoms with E-state index in [0.717, 1.165) is 87.6 Å². The van der Waals surface area contributed by atoms with Crippen LogP contribution >= 0.6 is 32.1 Å². The number of alkyl halides is 1. The maximum Gasteiger partial charge on any atom is 0.236 e. The number of benzene rings is 8. The Morgan fingerprint density at radius 1 is 0.345 bits per heavy atom. The summed E-state index contributed by atoms with van der Waals surface area (Å²) in [6.45, 7) is 0. The van der Waals surface area contributed by atoms with Gasteiger partial charge in [0.1, 0.15) is 0 Å². The number of fused-ring (bicyclic) bond motifs is 20. The third-order valence-electron chi connectivity index (χ3n) is 11.5. The molecule has 0 amide bonds. The van der Waals surface area contributed by atoms with Crippen molar-refractivity contribution in [1.82, 2.24) is 3.93 Å². The first kappa shape index (κ1) is 32.3. The second-order valence-corrected chi connectivity index (χ2v) is 16.7. The molecule has 58 heavy (non-hydrogen) atoms. The standard InChI is InChI=1S/C48H24Br2N8/c49-48-40-24-32-16-8-7-15-31(32)23-39(40)45(57-48)53-43-36-20-28-12-4-6-14-30(28)22-38(36)47(55-43)58(50)46-37-21-29-13-5-3-11-27(29)19-35(37)42(54-46)51-41-33-17-25-9-1-2-10-26(25)18-34(33)44(52-41)56-48/h1-24H. The number of halogens is 2. The molecule has 10 heteroatoms. The van der Waals surface area contributed by atoms with Crippen LogP contribution in [-0.4, -0.2) is 44.8 Å². The minimum absolute atomic E-state index is 0.516. The Morgan fingerprint density at radius 2 is 0.638 bits per heavy atom. The van der Waals surface area contributed by atoms with Gasteiger partial charge >= 0.3 is 0 Å². The van der Waals surface area contributed by atoms with Crippen molar-refractivity contribution >= 4 is 116 Å². The van der Waals surface area contributed by atoms with Gasteiger partial charge in [0.05, 0.1) is 16.1 Å². The fourth-order valence-electron chi connectivity index (χ4n) is 8.69. The van der Waals surface area contributed by atoms with E-state index in [1.807, 2.05) is 34.3 Å². The summed E-state index contributed by atoms with van der Waals surface area (Å²) in [4.78, 5) is 37.1. The lowest BCUT2D eigenvalue weighted by Crippen LogP contribution is -2.28. The van der Waals surface area contributed by atoms with Crippen LogP contribution in [-0.2, 0) is 4.57 Å². The van der Waals surface area contributed by atoms with Crippen LogP contribution in [0.15, 0.2) is 181 Å². The molecule has 0 aliphatic carbocycles. The normalized spacial score (nSPS) is 18.6. The average Bonchev–Trinajstić information content (AvgIpc) is 3.96. The van der Waals surface area contributed by atoms with Gasteiger partial charge in [-0.3, -0.25) is 0 Å². The number of hydrogen-bond donors (Lipinski definition) is 0. The molecular formula is C48H24Br2N8. The van der Waals surface area contributed by atoms with Gasteiger partial charge in [0, 0.05) is 44.5 Å². The first-order chi connectivity index (χ1) is 28.4. The average molecular weight is 873 g/mol. The lowest BCUT2D eigenvalue weighted by molar-refractivity contribution is 0.738. The Hall–Kier alpha value is -6.75. The number of nitrogens with zero attached hydrogens (tertiary/aromatic N) is 8. The van der Waals surface area contributed by atoms with Crippen molar-refractivity contribution in [2.45, 2.75) is 4.57 Å². The topological polar surface area (TPSA) is 89.8 Å². The minimum atomic E-state index is -1.24. The summed E-state index contributed by atoms with van der Waals surface area (Å²) in [7, 11) is 0. The van der Waals surface area contributed by atoms with E-state index in [1.54, 1.807) is 0 Å². The van der Waals surface area contributed by atoms with Crippen LogP contribution in [0, 0.1) is 0 Å². The minimum Gasteiger partial charge on any atom is -0.242 e. The smallest absolute Gasteiger partial charge is 0.236 e. The maximum atomic E-state index is 5.39. The van der Waals surface area contributed by atoms with Crippen molar-refractivity contribution in [2.75, 3.05) is 0 Å². The molecule has 8 nitrogen and oxygen atoms in total. The molecule has 0 saturated carbocycles. The highest BCUT2D eigenvalue weighted by atomic mass is 79.9. The molecule has 8 aromatic carbocycles. The molecule has 1 atom stereocenters. The lowest BCUT2D eigenvalue weighted by atomic mass is 9.99. The zero-order valence-electron chi connectivity index (χ0n) is 30.2. The molecule has 5 aliphatic heterocycles. The van der Waals surface area contributed by atoms with Gasteiger partial charge in [0.2, 0.25) is 4.57 Å². The van der Waals surface area contributed by atoms with Crippen LogP contribution in [0.1, 0.15) is 44.5 Å². The molecule has 1 unspecified atom stereocenters. The highest BCUT2D eigenvalue weighted by Gasteiger charge is 2.41. The summed E-state index contributed by atoms with van der Waals surface area (Å²) >= 11 is 8.04. The van der Waals surface area contributed by atoms with Crippen molar-refractivity contribution in [2.24, 2.45) is 34.9 Å².